The summed E-state index contributed by atoms with van der Waals surface area (Å²) >= 11 is 0. The predicted molar refractivity (Wildman–Crippen MR) is 86.0 cm³/mol. The fourth-order valence-electron chi connectivity index (χ4n) is 4.37. The highest BCUT2D eigenvalue weighted by Gasteiger charge is 2.39. The van der Waals surface area contributed by atoms with E-state index < -0.39 is 0 Å². The molecule has 0 saturated heterocycles. The number of nitrogens with two attached hydrogens (primary N) is 1. The Morgan fingerprint density at radius 3 is 2.81 bits per heavy atom. The van der Waals surface area contributed by atoms with Gasteiger partial charge in [0, 0.05) is 19.2 Å². The minimum absolute atomic E-state index is 0.765. The van der Waals surface area contributed by atoms with Crippen molar-refractivity contribution in [2.75, 3.05) is 23.9 Å². The summed E-state index contributed by atoms with van der Waals surface area (Å²) in [6, 6.07) is 0. The Labute approximate surface area is 127 Å². The van der Waals surface area contributed by atoms with Crippen molar-refractivity contribution in [3.8, 4) is 0 Å². The molecule has 3 rings (SSSR count). The van der Waals surface area contributed by atoms with Gasteiger partial charge >= 0.3 is 0 Å². The number of hydrogen-bond donors (Lipinski definition) is 2. The van der Waals surface area contributed by atoms with Gasteiger partial charge in [0.05, 0.1) is 0 Å². The van der Waals surface area contributed by atoms with Gasteiger partial charge in [0.25, 0.3) is 0 Å². The molecule has 0 radical (unpaired) electrons. The summed E-state index contributed by atoms with van der Waals surface area (Å²) in [6.07, 6.45) is 9.39. The van der Waals surface area contributed by atoms with Crippen molar-refractivity contribution in [1.82, 2.24) is 9.97 Å². The van der Waals surface area contributed by atoms with Crippen molar-refractivity contribution in [2.45, 2.75) is 45.4 Å². The molecule has 5 nitrogen and oxygen atoms in total. The number of hydrazine groups is 1. The van der Waals surface area contributed by atoms with Crippen molar-refractivity contribution in [3.63, 3.8) is 0 Å². The molecule has 2 bridgehead atoms. The van der Waals surface area contributed by atoms with Crippen molar-refractivity contribution in [2.24, 2.45) is 23.6 Å². The third kappa shape index (κ3) is 2.84. The zero-order chi connectivity index (χ0) is 14.8. The summed E-state index contributed by atoms with van der Waals surface area (Å²) < 4.78 is 0. The SMILES string of the molecule is CCCc1c(NN)ncnc1N(C)CC1CC2CCC1C2. The fourth-order valence-corrected chi connectivity index (χ4v) is 4.37. The molecule has 0 spiro atoms. The third-order valence-corrected chi connectivity index (χ3v) is 5.31. The van der Waals surface area contributed by atoms with E-state index in [-0.39, 0.29) is 0 Å². The van der Waals surface area contributed by atoms with Crippen molar-refractivity contribution >= 4 is 11.6 Å². The third-order valence-electron chi connectivity index (χ3n) is 5.31. The molecule has 0 amide bonds. The highest BCUT2D eigenvalue weighted by atomic mass is 15.3. The van der Waals surface area contributed by atoms with E-state index >= 15 is 0 Å². The van der Waals surface area contributed by atoms with Gasteiger partial charge in [0.15, 0.2) is 0 Å². The molecule has 0 aromatic carbocycles. The second-order valence-electron chi connectivity index (χ2n) is 6.73. The van der Waals surface area contributed by atoms with E-state index in [0.717, 1.165) is 54.3 Å². The van der Waals surface area contributed by atoms with E-state index in [9.17, 15) is 0 Å². The Hall–Kier alpha value is -1.36. The van der Waals surface area contributed by atoms with E-state index in [2.05, 4.69) is 34.3 Å². The molecule has 116 valence electrons. The van der Waals surface area contributed by atoms with Crippen LogP contribution in [0.3, 0.4) is 0 Å². The maximum absolute atomic E-state index is 5.60. The molecular weight excluding hydrogens is 262 g/mol. The van der Waals surface area contributed by atoms with E-state index in [1.165, 1.54) is 25.7 Å². The smallest absolute Gasteiger partial charge is 0.148 e. The maximum atomic E-state index is 5.60. The zero-order valence-electron chi connectivity index (χ0n) is 13.2. The zero-order valence-corrected chi connectivity index (χ0v) is 13.2. The summed E-state index contributed by atoms with van der Waals surface area (Å²) in [5.41, 5.74) is 3.86. The molecule has 3 N–H and O–H groups in total. The van der Waals surface area contributed by atoms with Crippen LogP contribution in [0.15, 0.2) is 6.33 Å². The lowest BCUT2D eigenvalue weighted by molar-refractivity contribution is 0.337. The van der Waals surface area contributed by atoms with E-state index in [1.54, 1.807) is 6.33 Å². The lowest BCUT2D eigenvalue weighted by Gasteiger charge is -2.29. The van der Waals surface area contributed by atoms with Crippen molar-refractivity contribution < 1.29 is 0 Å². The van der Waals surface area contributed by atoms with Crippen LogP contribution in [-0.2, 0) is 6.42 Å². The average Bonchev–Trinajstić information content (AvgIpc) is 3.10. The Balaban J connectivity index is 1.76. The maximum Gasteiger partial charge on any atom is 0.148 e. The Morgan fingerprint density at radius 2 is 2.19 bits per heavy atom. The highest BCUT2D eigenvalue weighted by molar-refractivity contribution is 5.58. The van der Waals surface area contributed by atoms with Gasteiger partial charge in [0.1, 0.15) is 18.0 Å². The van der Waals surface area contributed by atoms with Gasteiger partial charge in [-0.25, -0.2) is 15.8 Å². The Bertz CT molecular complexity index is 490. The van der Waals surface area contributed by atoms with Crippen LogP contribution in [0, 0.1) is 17.8 Å². The first kappa shape index (κ1) is 14.6. The minimum Gasteiger partial charge on any atom is -0.359 e. The summed E-state index contributed by atoms with van der Waals surface area (Å²) in [4.78, 5) is 11.1. The van der Waals surface area contributed by atoms with Crippen LogP contribution in [0.5, 0.6) is 0 Å². The normalized spacial score (nSPS) is 27.1. The highest BCUT2D eigenvalue weighted by Crippen LogP contribution is 2.48. The molecule has 2 aliphatic carbocycles. The van der Waals surface area contributed by atoms with E-state index in [0.29, 0.717) is 0 Å². The Morgan fingerprint density at radius 1 is 1.33 bits per heavy atom. The van der Waals surface area contributed by atoms with Crippen molar-refractivity contribution in [1.29, 1.82) is 0 Å². The minimum atomic E-state index is 0.765. The fraction of sp³-hybridized carbons (Fsp3) is 0.750. The van der Waals surface area contributed by atoms with Crippen LogP contribution >= 0.6 is 0 Å². The van der Waals surface area contributed by atoms with Gasteiger partial charge in [-0.15, -0.1) is 0 Å². The molecule has 2 aliphatic rings. The number of nitrogens with zero attached hydrogens (tertiary/aromatic N) is 3. The number of nitrogens with one attached hydrogen (secondary N) is 1. The standard InChI is InChI=1S/C16H27N5/c1-3-4-14-15(20-17)18-10-19-16(14)21(2)9-13-8-11-5-6-12(13)7-11/h10-13H,3-9,17H2,1-2H3,(H,18,19,20). The van der Waals surface area contributed by atoms with Crippen LogP contribution in [0.1, 0.15) is 44.6 Å². The lowest BCUT2D eigenvalue weighted by Crippen LogP contribution is -2.30. The quantitative estimate of drug-likeness (QED) is 0.622. The topological polar surface area (TPSA) is 67.1 Å². The van der Waals surface area contributed by atoms with Crippen LogP contribution in [-0.4, -0.2) is 23.6 Å². The first-order valence-electron chi connectivity index (χ1n) is 8.24. The molecule has 21 heavy (non-hydrogen) atoms. The number of hydrogen-bond acceptors (Lipinski definition) is 5. The molecule has 0 aliphatic heterocycles. The summed E-state index contributed by atoms with van der Waals surface area (Å²) in [6.45, 7) is 3.28. The van der Waals surface area contributed by atoms with Gasteiger partial charge in [0.2, 0.25) is 0 Å². The number of aromatic nitrogens is 2. The van der Waals surface area contributed by atoms with E-state index in [1.807, 2.05) is 0 Å². The monoisotopic (exact) mass is 289 g/mol. The second-order valence-corrected chi connectivity index (χ2v) is 6.73. The van der Waals surface area contributed by atoms with Crippen LogP contribution < -0.4 is 16.2 Å². The Kier molecular flexibility index (Phi) is 4.29. The van der Waals surface area contributed by atoms with Gasteiger partial charge in [-0.3, -0.25) is 0 Å². The van der Waals surface area contributed by atoms with Crippen LogP contribution in [0.25, 0.3) is 0 Å². The molecule has 2 saturated carbocycles. The first-order chi connectivity index (χ1) is 10.2. The van der Waals surface area contributed by atoms with Crippen molar-refractivity contribution in [3.05, 3.63) is 11.9 Å². The van der Waals surface area contributed by atoms with Gasteiger partial charge in [-0.1, -0.05) is 19.8 Å². The molecule has 1 aromatic heterocycles. The summed E-state index contributed by atoms with van der Waals surface area (Å²) in [5, 5.41) is 0. The van der Waals surface area contributed by atoms with Gasteiger partial charge in [-0.05, 0) is 43.4 Å². The van der Waals surface area contributed by atoms with E-state index in [4.69, 9.17) is 5.84 Å². The number of fused-ring (bicyclic) bond motifs is 2. The van der Waals surface area contributed by atoms with Gasteiger partial charge in [-0.2, -0.15) is 0 Å². The first-order valence-corrected chi connectivity index (χ1v) is 8.24. The summed E-state index contributed by atoms with van der Waals surface area (Å²) in [5.74, 6) is 10.2. The molecule has 1 aromatic rings. The van der Waals surface area contributed by atoms with Crippen LogP contribution in [0.4, 0.5) is 11.6 Å². The number of nitrogen functional groups attached to an aromatic ring is 1. The lowest BCUT2D eigenvalue weighted by atomic mass is 9.88. The molecule has 5 heteroatoms. The molecule has 1 heterocycles. The van der Waals surface area contributed by atoms with Crippen LogP contribution in [0.2, 0.25) is 0 Å². The average molecular weight is 289 g/mol. The number of anilines is 2. The number of rotatable bonds is 6. The summed E-state index contributed by atoms with van der Waals surface area (Å²) in [7, 11) is 2.16. The largest absolute Gasteiger partial charge is 0.359 e. The second kappa shape index (κ2) is 6.18. The van der Waals surface area contributed by atoms with Gasteiger partial charge < -0.3 is 10.3 Å². The molecule has 3 unspecified atom stereocenters. The molecular formula is C16H27N5. The predicted octanol–water partition coefficient (Wildman–Crippen LogP) is 2.59. The molecule has 2 fully saturated rings. The molecule has 3 atom stereocenters.